The number of rotatable bonds is 4. The lowest BCUT2D eigenvalue weighted by atomic mass is 10.0. The summed E-state index contributed by atoms with van der Waals surface area (Å²) in [7, 11) is 1.61. The maximum atomic E-state index is 11.2. The van der Waals surface area contributed by atoms with Crippen LogP contribution in [0.25, 0.3) is 0 Å². The number of hydrogen-bond acceptors (Lipinski definition) is 3. The van der Waals surface area contributed by atoms with E-state index in [4.69, 9.17) is 10.5 Å². The third kappa shape index (κ3) is 2.33. The minimum atomic E-state index is 0.0221. The number of methoxy groups -OCH3 is 1. The van der Waals surface area contributed by atoms with Crippen LogP contribution in [-0.4, -0.2) is 19.4 Å². The molecule has 0 spiro atoms. The van der Waals surface area contributed by atoms with Crippen LogP contribution in [-0.2, 0) is 11.2 Å². The Morgan fingerprint density at radius 2 is 2.21 bits per heavy atom. The molecular formula is C11H15NO2. The van der Waals surface area contributed by atoms with Crippen LogP contribution >= 0.6 is 0 Å². The fourth-order valence-corrected chi connectivity index (χ4v) is 1.43. The molecule has 2 N–H and O–H groups in total. The zero-order valence-corrected chi connectivity index (χ0v) is 8.54. The molecule has 0 amide bonds. The summed E-state index contributed by atoms with van der Waals surface area (Å²) in [5.41, 5.74) is 7.20. The first-order valence-electron chi connectivity index (χ1n) is 4.53. The lowest BCUT2D eigenvalue weighted by Gasteiger charge is -2.09. The fraction of sp³-hybridized carbons (Fsp3) is 0.364. The molecule has 1 rings (SSSR count). The van der Waals surface area contributed by atoms with Gasteiger partial charge in [-0.2, -0.15) is 0 Å². The van der Waals surface area contributed by atoms with Gasteiger partial charge in [-0.1, -0.05) is 18.2 Å². The summed E-state index contributed by atoms with van der Waals surface area (Å²) in [5, 5.41) is 0. The van der Waals surface area contributed by atoms with Gasteiger partial charge in [0.1, 0.15) is 5.75 Å². The number of carbonyl (C=O) groups is 1. The van der Waals surface area contributed by atoms with Crippen molar-refractivity contribution in [1.82, 2.24) is 0 Å². The first-order valence-corrected chi connectivity index (χ1v) is 4.53. The highest BCUT2D eigenvalue weighted by molar-refractivity contribution is 5.83. The Labute approximate surface area is 83.9 Å². The van der Waals surface area contributed by atoms with Crippen LogP contribution in [0.1, 0.15) is 11.1 Å². The van der Waals surface area contributed by atoms with Gasteiger partial charge in [0.2, 0.25) is 0 Å². The lowest BCUT2D eigenvalue weighted by Crippen LogP contribution is -2.16. The van der Waals surface area contributed by atoms with Gasteiger partial charge in [0.05, 0.1) is 13.7 Å². The topological polar surface area (TPSA) is 52.3 Å². The second-order valence-electron chi connectivity index (χ2n) is 3.19. The molecule has 1 aromatic carbocycles. The molecule has 3 nitrogen and oxygen atoms in total. The molecule has 0 aliphatic heterocycles. The Morgan fingerprint density at radius 1 is 1.50 bits per heavy atom. The van der Waals surface area contributed by atoms with Crippen molar-refractivity contribution in [3.05, 3.63) is 29.3 Å². The molecule has 14 heavy (non-hydrogen) atoms. The first-order chi connectivity index (χ1) is 6.69. The average molecular weight is 193 g/mol. The third-order valence-electron chi connectivity index (χ3n) is 2.11. The van der Waals surface area contributed by atoms with Crippen molar-refractivity contribution in [1.29, 1.82) is 0 Å². The molecule has 0 saturated heterocycles. The average Bonchev–Trinajstić information content (AvgIpc) is 2.18. The predicted octanol–water partition coefficient (Wildman–Crippen LogP) is 1.07. The largest absolute Gasteiger partial charge is 0.496 e. The van der Waals surface area contributed by atoms with E-state index in [1.807, 2.05) is 25.1 Å². The van der Waals surface area contributed by atoms with E-state index in [0.717, 1.165) is 16.9 Å². The summed E-state index contributed by atoms with van der Waals surface area (Å²) in [6.07, 6.45) is 0.349. The molecule has 0 aliphatic carbocycles. The highest BCUT2D eigenvalue weighted by Gasteiger charge is 2.08. The van der Waals surface area contributed by atoms with Crippen molar-refractivity contribution in [2.24, 2.45) is 5.73 Å². The van der Waals surface area contributed by atoms with Crippen molar-refractivity contribution in [2.45, 2.75) is 13.3 Å². The van der Waals surface area contributed by atoms with Gasteiger partial charge >= 0.3 is 0 Å². The number of nitrogens with two attached hydrogens (primary N) is 1. The van der Waals surface area contributed by atoms with Crippen LogP contribution in [0.2, 0.25) is 0 Å². The van der Waals surface area contributed by atoms with Gasteiger partial charge in [-0.05, 0) is 12.5 Å². The van der Waals surface area contributed by atoms with Crippen molar-refractivity contribution in [3.8, 4) is 5.75 Å². The smallest absolute Gasteiger partial charge is 0.150 e. The molecule has 0 saturated carbocycles. The van der Waals surface area contributed by atoms with Gasteiger partial charge in [0.25, 0.3) is 0 Å². The lowest BCUT2D eigenvalue weighted by molar-refractivity contribution is -0.117. The van der Waals surface area contributed by atoms with Crippen LogP contribution in [0.4, 0.5) is 0 Å². The van der Waals surface area contributed by atoms with E-state index in [1.54, 1.807) is 7.11 Å². The van der Waals surface area contributed by atoms with Crippen LogP contribution in [0, 0.1) is 6.92 Å². The maximum absolute atomic E-state index is 11.2. The number of para-hydroxylation sites is 1. The van der Waals surface area contributed by atoms with Gasteiger partial charge in [0.15, 0.2) is 5.78 Å². The molecule has 0 atom stereocenters. The second kappa shape index (κ2) is 4.77. The van der Waals surface area contributed by atoms with Gasteiger partial charge in [-0.15, -0.1) is 0 Å². The Bertz CT molecular complexity index is 334. The number of ketones is 1. The molecule has 1 aromatic rings. The standard InChI is InChI=1S/C11H15NO2/c1-8-4-3-5-9(11(8)14-2)6-10(13)7-12/h3-5H,6-7,12H2,1-2H3. The van der Waals surface area contributed by atoms with Crippen LogP contribution in [0.3, 0.4) is 0 Å². The normalized spacial score (nSPS) is 9.93. The van der Waals surface area contributed by atoms with E-state index < -0.39 is 0 Å². The number of aryl methyl sites for hydroxylation is 1. The summed E-state index contributed by atoms with van der Waals surface area (Å²) in [4.78, 5) is 11.2. The quantitative estimate of drug-likeness (QED) is 0.778. The van der Waals surface area contributed by atoms with Crippen molar-refractivity contribution < 1.29 is 9.53 Å². The monoisotopic (exact) mass is 193 g/mol. The molecule has 0 bridgehead atoms. The predicted molar refractivity (Wildman–Crippen MR) is 55.5 cm³/mol. The van der Waals surface area contributed by atoms with E-state index in [1.165, 1.54) is 0 Å². The molecule has 3 heteroatoms. The SMILES string of the molecule is COc1c(C)cccc1CC(=O)CN. The molecule has 0 aliphatic rings. The summed E-state index contributed by atoms with van der Waals surface area (Å²) in [6.45, 7) is 2.03. The molecule has 0 radical (unpaired) electrons. The summed E-state index contributed by atoms with van der Waals surface area (Å²) >= 11 is 0. The molecule has 0 heterocycles. The zero-order valence-electron chi connectivity index (χ0n) is 8.54. The minimum absolute atomic E-state index is 0.0221. The van der Waals surface area contributed by atoms with Crippen LogP contribution in [0.5, 0.6) is 5.75 Å². The van der Waals surface area contributed by atoms with E-state index in [-0.39, 0.29) is 12.3 Å². The molecule has 0 aromatic heterocycles. The molecular weight excluding hydrogens is 178 g/mol. The van der Waals surface area contributed by atoms with Crippen molar-refractivity contribution in [3.63, 3.8) is 0 Å². The van der Waals surface area contributed by atoms with Crippen molar-refractivity contribution in [2.75, 3.05) is 13.7 Å². The fourth-order valence-electron chi connectivity index (χ4n) is 1.43. The number of carbonyl (C=O) groups excluding carboxylic acids is 1. The summed E-state index contributed by atoms with van der Waals surface area (Å²) < 4.78 is 5.23. The summed E-state index contributed by atoms with van der Waals surface area (Å²) in [6, 6.07) is 5.76. The zero-order chi connectivity index (χ0) is 10.6. The van der Waals surface area contributed by atoms with E-state index >= 15 is 0 Å². The number of Topliss-reactive ketones (excluding diaryl/α,β-unsaturated/α-hetero) is 1. The van der Waals surface area contributed by atoms with E-state index in [2.05, 4.69) is 0 Å². The van der Waals surface area contributed by atoms with E-state index in [0.29, 0.717) is 6.42 Å². The number of ether oxygens (including phenoxy) is 1. The maximum Gasteiger partial charge on any atom is 0.150 e. The number of benzene rings is 1. The minimum Gasteiger partial charge on any atom is -0.496 e. The van der Waals surface area contributed by atoms with Gasteiger partial charge in [0, 0.05) is 12.0 Å². The highest BCUT2D eigenvalue weighted by atomic mass is 16.5. The number of hydrogen-bond donors (Lipinski definition) is 1. The van der Waals surface area contributed by atoms with Gasteiger partial charge in [-0.3, -0.25) is 4.79 Å². The Morgan fingerprint density at radius 3 is 2.79 bits per heavy atom. The Balaban J connectivity index is 2.96. The first kappa shape index (κ1) is 10.7. The Kier molecular flexibility index (Phi) is 3.65. The Hall–Kier alpha value is -1.35. The molecule has 0 unspecified atom stereocenters. The molecule has 0 fully saturated rings. The van der Waals surface area contributed by atoms with E-state index in [9.17, 15) is 4.79 Å². The van der Waals surface area contributed by atoms with Crippen LogP contribution < -0.4 is 10.5 Å². The highest BCUT2D eigenvalue weighted by Crippen LogP contribution is 2.23. The second-order valence-corrected chi connectivity index (χ2v) is 3.19. The van der Waals surface area contributed by atoms with Crippen LogP contribution in [0.15, 0.2) is 18.2 Å². The van der Waals surface area contributed by atoms with Gasteiger partial charge < -0.3 is 10.5 Å². The van der Waals surface area contributed by atoms with Crippen molar-refractivity contribution >= 4 is 5.78 Å². The molecule has 76 valence electrons. The summed E-state index contributed by atoms with van der Waals surface area (Å²) in [5.74, 6) is 0.809. The van der Waals surface area contributed by atoms with Gasteiger partial charge in [-0.25, -0.2) is 0 Å². The third-order valence-corrected chi connectivity index (χ3v) is 2.11.